The number of aliphatic carboxylic acids is 1. The van der Waals surface area contributed by atoms with E-state index >= 15 is 0 Å². The molecule has 0 spiro atoms. The molecule has 0 bridgehead atoms. The van der Waals surface area contributed by atoms with E-state index in [1.54, 1.807) is 4.90 Å². The quantitative estimate of drug-likeness (QED) is 0.802. The molecule has 1 saturated carbocycles. The Kier molecular flexibility index (Phi) is 4.44. The first-order valence-corrected chi connectivity index (χ1v) is 6.92. The molecule has 1 heterocycles. The van der Waals surface area contributed by atoms with Gasteiger partial charge in [-0.05, 0) is 25.2 Å². The van der Waals surface area contributed by atoms with Crippen molar-refractivity contribution >= 4 is 12.0 Å². The van der Waals surface area contributed by atoms with Crippen molar-refractivity contribution in [2.24, 2.45) is 11.8 Å². The van der Waals surface area contributed by atoms with Crippen LogP contribution >= 0.6 is 0 Å². The van der Waals surface area contributed by atoms with Gasteiger partial charge >= 0.3 is 12.0 Å². The predicted octanol–water partition coefficient (Wildman–Crippen LogP) is 1.68. The Morgan fingerprint density at radius 1 is 1.22 bits per heavy atom. The van der Waals surface area contributed by atoms with Crippen molar-refractivity contribution in [3.8, 4) is 0 Å². The summed E-state index contributed by atoms with van der Waals surface area (Å²) in [5.41, 5.74) is 0. The molecule has 1 aliphatic carbocycles. The Balaban J connectivity index is 1.68. The third-order valence-electron chi connectivity index (χ3n) is 4.11. The standard InChI is InChI=1S/C13H22N2O3/c16-12(17)11-5-2-8-15(9-11)13(18)14-7-6-10-3-1-4-10/h10-11H,1-9H2,(H,14,18)(H,16,17)/t11-/m0/s1. The van der Waals surface area contributed by atoms with Gasteiger partial charge in [0.05, 0.1) is 5.92 Å². The van der Waals surface area contributed by atoms with Gasteiger partial charge in [0.1, 0.15) is 0 Å². The molecule has 5 heteroatoms. The van der Waals surface area contributed by atoms with Gasteiger partial charge < -0.3 is 15.3 Å². The molecule has 0 aromatic heterocycles. The minimum atomic E-state index is -0.790. The predicted molar refractivity (Wildman–Crippen MR) is 67.3 cm³/mol. The van der Waals surface area contributed by atoms with Crippen LogP contribution in [-0.4, -0.2) is 41.6 Å². The van der Waals surface area contributed by atoms with Crippen LogP contribution in [0.2, 0.25) is 0 Å². The molecule has 1 aliphatic heterocycles. The summed E-state index contributed by atoms with van der Waals surface area (Å²) in [5.74, 6) is -0.392. The lowest BCUT2D eigenvalue weighted by Crippen LogP contribution is -2.47. The first kappa shape index (κ1) is 13.2. The Hall–Kier alpha value is -1.26. The topological polar surface area (TPSA) is 69.6 Å². The third kappa shape index (κ3) is 3.37. The van der Waals surface area contributed by atoms with Crippen molar-refractivity contribution < 1.29 is 14.7 Å². The van der Waals surface area contributed by atoms with E-state index in [1.807, 2.05) is 0 Å². The summed E-state index contributed by atoms with van der Waals surface area (Å²) in [7, 11) is 0. The SMILES string of the molecule is O=C(O)[C@H]1CCCN(C(=O)NCCC2CCC2)C1. The fourth-order valence-corrected chi connectivity index (χ4v) is 2.64. The zero-order valence-corrected chi connectivity index (χ0v) is 10.7. The van der Waals surface area contributed by atoms with E-state index in [1.165, 1.54) is 19.3 Å². The first-order valence-electron chi connectivity index (χ1n) is 6.92. The van der Waals surface area contributed by atoms with Crippen LogP contribution in [0.15, 0.2) is 0 Å². The molecule has 0 aromatic carbocycles. The maximum atomic E-state index is 11.9. The molecular weight excluding hydrogens is 232 g/mol. The second-order valence-electron chi connectivity index (χ2n) is 5.44. The minimum Gasteiger partial charge on any atom is -0.481 e. The zero-order chi connectivity index (χ0) is 13.0. The summed E-state index contributed by atoms with van der Waals surface area (Å²) in [6, 6.07) is -0.0970. The molecule has 2 N–H and O–H groups in total. The highest BCUT2D eigenvalue weighted by Gasteiger charge is 2.28. The van der Waals surface area contributed by atoms with Gasteiger partial charge in [0.25, 0.3) is 0 Å². The fraction of sp³-hybridized carbons (Fsp3) is 0.846. The van der Waals surface area contributed by atoms with Gasteiger partial charge in [-0.25, -0.2) is 4.79 Å². The molecule has 0 aromatic rings. The van der Waals surface area contributed by atoms with Crippen LogP contribution in [-0.2, 0) is 4.79 Å². The number of hydrogen-bond donors (Lipinski definition) is 2. The van der Waals surface area contributed by atoms with Crippen molar-refractivity contribution in [3.63, 3.8) is 0 Å². The number of rotatable bonds is 4. The molecule has 2 rings (SSSR count). The Labute approximate surface area is 108 Å². The van der Waals surface area contributed by atoms with Crippen molar-refractivity contribution in [2.75, 3.05) is 19.6 Å². The lowest BCUT2D eigenvalue weighted by Gasteiger charge is -2.31. The van der Waals surface area contributed by atoms with E-state index in [4.69, 9.17) is 5.11 Å². The molecule has 2 amide bonds. The Morgan fingerprint density at radius 2 is 2.00 bits per heavy atom. The van der Waals surface area contributed by atoms with Crippen molar-refractivity contribution in [2.45, 2.75) is 38.5 Å². The molecule has 102 valence electrons. The summed E-state index contributed by atoms with van der Waals surface area (Å²) in [6.07, 6.45) is 6.43. The number of amides is 2. The van der Waals surface area contributed by atoms with Crippen LogP contribution in [0.4, 0.5) is 4.79 Å². The second-order valence-corrected chi connectivity index (χ2v) is 5.44. The fourth-order valence-electron chi connectivity index (χ4n) is 2.64. The normalized spacial score (nSPS) is 24.4. The Bertz CT molecular complexity index is 315. The number of carbonyl (C=O) groups is 2. The Morgan fingerprint density at radius 3 is 2.61 bits per heavy atom. The number of carboxylic acids is 1. The number of nitrogens with one attached hydrogen (secondary N) is 1. The second kappa shape index (κ2) is 6.07. The molecule has 5 nitrogen and oxygen atoms in total. The smallest absolute Gasteiger partial charge is 0.317 e. The monoisotopic (exact) mass is 254 g/mol. The molecule has 0 radical (unpaired) electrons. The minimum absolute atomic E-state index is 0.0970. The highest BCUT2D eigenvalue weighted by Crippen LogP contribution is 2.28. The van der Waals surface area contributed by atoms with Gasteiger partial charge in [0.2, 0.25) is 0 Å². The maximum absolute atomic E-state index is 11.9. The lowest BCUT2D eigenvalue weighted by molar-refractivity contribution is -0.143. The zero-order valence-electron chi connectivity index (χ0n) is 10.7. The number of hydrogen-bond acceptors (Lipinski definition) is 2. The maximum Gasteiger partial charge on any atom is 0.317 e. The van der Waals surface area contributed by atoms with Gasteiger partial charge in [-0.2, -0.15) is 0 Å². The summed E-state index contributed by atoms with van der Waals surface area (Å²) in [5, 5.41) is 11.9. The lowest BCUT2D eigenvalue weighted by atomic mass is 9.83. The number of carbonyl (C=O) groups excluding carboxylic acids is 1. The van der Waals surface area contributed by atoms with Crippen LogP contribution in [0.1, 0.15) is 38.5 Å². The molecular formula is C13H22N2O3. The highest BCUT2D eigenvalue weighted by molar-refractivity contribution is 5.76. The van der Waals surface area contributed by atoms with E-state index in [9.17, 15) is 9.59 Å². The average Bonchev–Trinajstić information content (AvgIpc) is 2.32. The highest BCUT2D eigenvalue weighted by atomic mass is 16.4. The molecule has 0 unspecified atom stereocenters. The van der Waals surface area contributed by atoms with Gasteiger partial charge in [-0.15, -0.1) is 0 Å². The van der Waals surface area contributed by atoms with Gasteiger partial charge in [-0.1, -0.05) is 19.3 Å². The van der Waals surface area contributed by atoms with Gasteiger partial charge in [0.15, 0.2) is 0 Å². The largest absolute Gasteiger partial charge is 0.481 e. The van der Waals surface area contributed by atoms with E-state index in [-0.39, 0.29) is 6.03 Å². The number of piperidine rings is 1. The van der Waals surface area contributed by atoms with Crippen LogP contribution in [0, 0.1) is 11.8 Å². The van der Waals surface area contributed by atoms with E-state index in [0.29, 0.717) is 19.5 Å². The van der Waals surface area contributed by atoms with E-state index in [2.05, 4.69) is 5.32 Å². The number of urea groups is 1. The molecule has 2 fully saturated rings. The van der Waals surface area contributed by atoms with Gasteiger partial charge in [0, 0.05) is 19.6 Å². The summed E-state index contributed by atoms with van der Waals surface area (Å²) in [6.45, 7) is 1.75. The van der Waals surface area contributed by atoms with Crippen LogP contribution < -0.4 is 5.32 Å². The number of nitrogens with zero attached hydrogens (tertiary/aromatic N) is 1. The van der Waals surface area contributed by atoms with Gasteiger partial charge in [-0.3, -0.25) is 4.79 Å². The van der Waals surface area contributed by atoms with Crippen molar-refractivity contribution in [1.82, 2.24) is 10.2 Å². The molecule has 1 saturated heterocycles. The van der Waals surface area contributed by atoms with Crippen molar-refractivity contribution in [3.05, 3.63) is 0 Å². The summed E-state index contributed by atoms with van der Waals surface area (Å²) in [4.78, 5) is 24.4. The van der Waals surface area contributed by atoms with Crippen LogP contribution in [0.3, 0.4) is 0 Å². The van der Waals surface area contributed by atoms with Crippen molar-refractivity contribution in [1.29, 1.82) is 0 Å². The number of carboxylic acid groups (broad SMARTS) is 1. The molecule has 18 heavy (non-hydrogen) atoms. The van der Waals surface area contributed by atoms with Crippen LogP contribution in [0.25, 0.3) is 0 Å². The van der Waals surface area contributed by atoms with Crippen LogP contribution in [0.5, 0.6) is 0 Å². The molecule has 2 aliphatic rings. The number of likely N-dealkylation sites (tertiary alicyclic amines) is 1. The van der Waals surface area contributed by atoms with E-state index < -0.39 is 11.9 Å². The average molecular weight is 254 g/mol. The summed E-state index contributed by atoms with van der Waals surface area (Å²) >= 11 is 0. The first-order chi connectivity index (χ1) is 8.66. The third-order valence-corrected chi connectivity index (χ3v) is 4.11. The molecule has 1 atom stereocenters. The summed E-state index contributed by atoms with van der Waals surface area (Å²) < 4.78 is 0. The van der Waals surface area contributed by atoms with E-state index in [0.717, 1.165) is 25.3 Å².